The molecule has 0 spiro atoms. The molecule has 4 heteroatoms. The smallest absolute Gasteiger partial charge is 0.157 e. The van der Waals surface area contributed by atoms with Crippen molar-refractivity contribution in [1.82, 2.24) is 9.97 Å². The second kappa shape index (κ2) is 7.14. The fraction of sp³-hybridized carbons (Fsp3) is 0.750. The average molecular weight is 277 g/mol. The van der Waals surface area contributed by atoms with E-state index in [0.717, 1.165) is 43.1 Å². The van der Waals surface area contributed by atoms with Crippen LogP contribution in [0.15, 0.2) is 0 Å². The zero-order valence-electron chi connectivity index (χ0n) is 13.0. The van der Waals surface area contributed by atoms with E-state index in [4.69, 9.17) is 20.4 Å². The molecule has 1 atom stereocenters. The Bertz CT molecular complexity index is 418. The molecule has 1 aliphatic rings. The van der Waals surface area contributed by atoms with Crippen molar-refractivity contribution in [1.29, 1.82) is 0 Å². The number of ether oxygens (including phenoxy) is 1. The van der Waals surface area contributed by atoms with Crippen molar-refractivity contribution < 1.29 is 4.74 Å². The lowest BCUT2D eigenvalue weighted by Crippen LogP contribution is -2.17. The van der Waals surface area contributed by atoms with Gasteiger partial charge in [0.1, 0.15) is 6.10 Å². The van der Waals surface area contributed by atoms with Crippen LogP contribution in [0.25, 0.3) is 0 Å². The van der Waals surface area contributed by atoms with Gasteiger partial charge in [0.05, 0.1) is 0 Å². The van der Waals surface area contributed by atoms with Gasteiger partial charge in [-0.1, -0.05) is 13.8 Å². The average Bonchev–Trinajstić information content (AvgIpc) is 3.29. The molecule has 1 saturated carbocycles. The third-order valence-electron chi connectivity index (χ3n) is 3.91. The van der Waals surface area contributed by atoms with Gasteiger partial charge in [0.2, 0.25) is 0 Å². The molecule has 0 amide bonds. The number of nitrogens with two attached hydrogens (primary N) is 1. The molecule has 2 rings (SSSR count). The standard InChI is InChI=1S/C16H27N3O/c1-4-13-12(9-10-17)14(5-2)19-16(18-13)15(20-6-3)11-7-8-11/h11,15H,4-10,17H2,1-3H3. The maximum Gasteiger partial charge on any atom is 0.157 e. The van der Waals surface area contributed by atoms with Gasteiger partial charge < -0.3 is 10.5 Å². The third-order valence-corrected chi connectivity index (χ3v) is 3.91. The highest BCUT2D eigenvalue weighted by atomic mass is 16.5. The minimum Gasteiger partial charge on any atom is -0.370 e. The first-order valence-corrected chi connectivity index (χ1v) is 7.95. The van der Waals surface area contributed by atoms with Gasteiger partial charge in [-0.2, -0.15) is 0 Å². The molecule has 112 valence electrons. The Morgan fingerprint density at radius 2 is 1.75 bits per heavy atom. The number of hydrogen-bond donors (Lipinski definition) is 1. The molecule has 1 aromatic heterocycles. The molecule has 20 heavy (non-hydrogen) atoms. The number of rotatable bonds is 8. The van der Waals surface area contributed by atoms with Gasteiger partial charge in [-0.25, -0.2) is 9.97 Å². The SMILES string of the molecule is CCOC(c1nc(CC)c(CCN)c(CC)n1)C1CC1. The minimum absolute atomic E-state index is 0.0857. The summed E-state index contributed by atoms with van der Waals surface area (Å²) in [5, 5.41) is 0. The Kier molecular flexibility index (Phi) is 5.49. The van der Waals surface area contributed by atoms with Crippen LogP contribution < -0.4 is 5.73 Å². The molecule has 1 unspecified atom stereocenters. The quantitative estimate of drug-likeness (QED) is 0.793. The summed E-state index contributed by atoms with van der Waals surface area (Å²) in [6.45, 7) is 7.72. The summed E-state index contributed by atoms with van der Waals surface area (Å²) in [6, 6.07) is 0. The van der Waals surface area contributed by atoms with Crippen LogP contribution in [0.4, 0.5) is 0 Å². The number of aromatic nitrogens is 2. The van der Waals surface area contributed by atoms with Gasteiger partial charge in [-0.3, -0.25) is 0 Å². The lowest BCUT2D eigenvalue weighted by Gasteiger charge is -2.19. The predicted molar refractivity (Wildman–Crippen MR) is 80.6 cm³/mol. The second-order valence-electron chi connectivity index (χ2n) is 5.41. The second-order valence-corrected chi connectivity index (χ2v) is 5.41. The lowest BCUT2D eigenvalue weighted by molar-refractivity contribution is 0.0397. The van der Waals surface area contributed by atoms with Gasteiger partial charge in [-0.05, 0) is 57.1 Å². The Morgan fingerprint density at radius 1 is 1.15 bits per heavy atom. The van der Waals surface area contributed by atoms with E-state index in [9.17, 15) is 0 Å². The first kappa shape index (κ1) is 15.4. The van der Waals surface area contributed by atoms with Crippen LogP contribution in [0.3, 0.4) is 0 Å². The van der Waals surface area contributed by atoms with Crippen molar-refractivity contribution >= 4 is 0 Å². The van der Waals surface area contributed by atoms with Crippen LogP contribution in [0.5, 0.6) is 0 Å². The van der Waals surface area contributed by atoms with Crippen LogP contribution >= 0.6 is 0 Å². The van der Waals surface area contributed by atoms with E-state index in [1.165, 1.54) is 18.4 Å². The van der Waals surface area contributed by atoms with Crippen LogP contribution in [0.1, 0.15) is 62.5 Å². The Labute approximate surface area is 122 Å². The molecule has 4 nitrogen and oxygen atoms in total. The topological polar surface area (TPSA) is 61.0 Å². The largest absolute Gasteiger partial charge is 0.370 e. The van der Waals surface area contributed by atoms with Crippen molar-refractivity contribution in [2.45, 2.75) is 59.0 Å². The zero-order valence-corrected chi connectivity index (χ0v) is 13.0. The summed E-state index contributed by atoms with van der Waals surface area (Å²) in [6.07, 6.45) is 5.30. The van der Waals surface area contributed by atoms with Gasteiger partial charge >= 0.3 is 0 Å². The van der Waals surface area contributed by atoms with E-state index in [1.807, 2.05) is 6.92 Å². The van der Waals surface area contributed by atoms with E-state index in [2.05, 4.69) is 13.8 Å². The third kappa shape index (κ3) is 3.36. The summed E-state index contributed by atoms with van der Waals surface area (Å²) in [5.74, 6) is 1.51. The maximum atomic E-state index is 5.90. The molecule has 1 heterocycles. The van der Waals surface area contributed by atoms with Gasteiger partial charge in [0, 0.05) is 18.0 Å². The molecule has 1 fully saturated rings. The first-order chi connectivity index (χ1) is 9.74. The summed E-state index contributed by atoms with van der Waals surface area (Å²) in [4.78, 5) is 9.61. The molecule has 0 saturated heterocycles. The normalized spacial score (nSPS) is 16.4. The van der Waals surface area contributed by atoms with E-state index < -0.39 is 0 Å². The molecule has 0 aliphatic heterocycles. The highest BCUT2D eigenvalue weighted by molar-refractivity contribution is 5.27. The van der Waals surface area contributed by atoms with Crippen LogP contribution in [0.2, 0.25) is 0 Å². The molecule has 0 bridgehead atoms. The summed E-state index contributed by atoms with van der Waals surface area (Å²) in [7, 11) is 0. The van der Waals surface area contributed by atoms with Gasteiger partial charge in [0.25, 0.3) is 0 Å². The van der Waals surface area contributed by atoms with E-state index >= 15 is 0 Å². The molecule has 2 N–H and O–H groups in total. The predicted octanol–water partition coefficient (Wildman–Crippen LogP) is 2.59. The maximum absolute atomic E-state index is 5.90. The van der Waals surface area contributed by atoms with Crippen molar-refractivity contribution in [2.75, 3.05) is 13.2 Å². The number of hydrogen-bond acceptors (Lipinski definition) is 4. The fourth-order valence-corrected chi connectivity index (χ4v) is 2.75. The fourth-order valence-electron chi connectivity index (χ4n) is 2.75. The number of aryl methyl sites for hydroxylation is 2. The van der Waals surface area contributed by atoms with Crippen molar-refractivity contribution in [3.63, 3.8) is 0 Å². The number of nitrogens with zero attached hydrogens (tertiary/aromatic N) is 2. The molecule has 1 aliphatic carbocycles. The molecular formula is C16H27N3O. The van der Waals surface area contributed by atoms with E-state index in [1.54, 1.807) is 0 Å². The zero-order chi connectivity index (χ0) is 14.5. The van der Waals surface area contributed by atoms with E-state index in [-0.39, 0.29) is 6.10 Å². The monoisotopic (exact) mass is 277 g/mol. The summed E-state index contributed by atoms with van der Waals surface area (Å²) >= 11 is 0. The molecule has 0 radical (unpaired) electrons. The Balaban J connectivity index is 2.37. The molecule has 1 aromatic rings. The first-order valence-electron chi connectivity index (χ1n) is 7.95. The Morgan fingerprint density at radius 3 is 2.15 bits per heavy atom. The Hall–Kier alpha value is -1.00. The van der Waals surface area contributed by atoms with Crippen molar-refractivity contribution in [2.24, 2.45) is 11.7 Å². The molecule has 0 aromatic carbocycles. The van der Waals surface area contributed by atoms with Crippen LogP contribution in [0, 0.1) is 5.92 Å². The molecular weight excluding hydrogens is 250 g/mol. The minimum atomic E-state index is 0.0857. The van der Waals surface area contributed by atoms with Gasteiger partial charge in [-0.15, -0.1) is 0 Å². The van der Waals surface area contributed by atoms with E-state index in [0.29, 0.717) is 12.5 Å². The van der Waals surface area contributed by atoms with Crippen molar-refractivity contribution in [3.8, 4) is 0 Å². The highest BCUT2D eigenvalue weighted by Crippen LogP contribution is 2.42. The highest BCUT2D eigenvalue weighted by Gasteiger charge is 2.35. The summed E-state index contributed by atoms with van der Waals surface area (Å²) < 4.78 is 5.90. The van der Waals surface area contributed by atoms with Crippen LogP contribution in [-0.2, 0) is 24.0 Å². The van der Waals surface area contributed by atoms with Crippen molar-refractivity contribution in [3.05, 3.63) is 22.8 Å². The van der Waals surface area contributed by atoms with Gasteiger partial charge in [0.15, 0.2) is 5.82 Å². The lowest BCUT2D eigenvalue weighted by atomic mass is 10.0. The van der Waals surface area contributed by atoms with Crippen LogP contribution in [-0.4, -0.2) is 23.1 Å². The summed E-state index contributed by atoms with van der Waals surface area (Å²) in [5.41, 5.74) is 9.30.